The Kier molecular flexibility index (Phi) is 7.22. The van der Waals surface area contributed by atoms with E-state index in [9.17, 15) is 9.59 Å². The first kappa shape index (κ1) is 19.2. The second-order valence-corrected chi connectivity index (χ2v) is 6.44. The van der Waals surface area contributed by atoms with Gasteiger partial charge in [0.2, 0.25) is 17.7 Å². The zero-order valence-corrected chi connectivity index (χ0v) is 15.5. The standard InChI is InChI=1S/C19H29N3O3/c1-4-14(5-2)19(24)22-11-9-16(10-12-22)25-18-8-7-15(13-20-18)21-17(23)6-3/h7-8,13-14,16H,4-6,9-12H2,1-3H3,(H,21,23). The van der Waals surface area contributed by atoms with Crippen LogP contribution in [0, 0.1) is 5.92 Å². The maximum absolute atomic E-state index is 12.4. The van der Waals surface area contributed by atoms with Crippen molar-refractivity contribution in [1.82, 2.24) is 9.88 Å². The van der Waals surface area contributed by atoms with Gasteiger partial charge in [0.05, 0.1) is 11.9 Å². The minimum Gasteiger partial charge on any atom is -0.474 e. The molecule has 0 unspecified atom stereocenters. The summed E-state index contributed by atoms with van der Waals surface area (Å²) >= 11 is 0. The van der Waals surface area contributed by atoms with E-state index in [-0.39, 0.29) is 23.8 Å². The Balaban J connectivity index is 1.81. The van der Waals surface area contributed by atoms with Crippen LogP contribution in [0.5, 0.6) is 5.88 Å². The molecule has 0 aliphatic carbocycles. The largest absolute Gasteiger partial charge is 0.474 e. The molecule has 25 heavy (non-hydrogen) atoms. The van der Waals surface area contributed by atoms with Crippen LogP contribution in [0.25, 0.3) is 0 Å². The molecule has 1 aliphatic rings. The highest BCUT2D eigenvalue weighted by Crippen LogP contribution is 2.21. The highest BCUT2D eigenvalue weighted by atomic mass is 16.5. The first-order valence-electron chi connectivity index (χ1n) is 9.28. The van der Waals surface area contributed by atoms with Gasteiger partial charge in [-0.1, -0.05) is 20.8 Å². The fourth-order valence-corrected chi connectivity index (χ4v) is 3.03. The van der Waals surface area contributed by atoms with Crippen molar-refractivity contribution in [2.45, 2.75) is 59.0 Å². The number of nitrogens with zero attached hydrogens (tertiary/aromatic N) is 2. The third-order valence-electron chi connectivity index (χ3n) is 4.72. The van der Waals surface area contributed by atoms with Gasteiger partial charge in [-0.15, -0.1) is 0 Å². The average Bonchev–Trinajstić information content (AvgIpc) is 2.64. The molecule has 6 nitrogen and oxygen atoms in total. The van der Waals surface area contributed by atoms with E-state index >= 15 is 0 Å². The number of anilines is 1. The molecule has 1 aromatic rings. The van der Waals surface area contributed by atoms with E-state index in [1.807, 2.05) is 4.90 Å². The number of ether oxygens (including phenoxy) is 1. The summed E-state index contributed by atoms with van der Waals surface area (Å²) in [6, 6.07) is 3.56. The molecule has 2 amide bonds. The highest BCUT2D eigenvalue weighted by Gasteiger charge is 2.27. The van der Waals surface area contributed by atoms with Crippen molar-refractivity contribution in [2.24, 2.45) is 5.92 Å². The lowest BCUT2D eigenvalue weighted by Crippen LogP contribution is -2.44. The summed E-state index contributed by atoms with van der Waals surface area (Å²) in [5, 5.41) is 2.76. The maximum Gasteiger partial charge on any atom is 0.225 e. The predicted octanol–water partition coefficient (Wildman–Crippen LogP) is 3.24. The molecule has 0 spiro atoms. The average molecular weight is 347 g/mol. The molecule has 0 aromatic carbocycles. The van der Waals surface area contributed by atoms with Gasteiger partial charge >= 0.3 is 0 Å². The minimum absolute atomic E-state index is 0.0371. The quantitative estimate of drug-likeness (QED) is 0.822. The van der Waals surface area contributed by atoms with Crippen molar-refractivity contribution in [1.29, 1.82) is 0 Å². The molecule has 2 rings (SSSR count). The molecule has 1 saturated heterocycles. The van der Waals surface area contributed by atoms with E-state index in [2.05, 4.69) is 24.1 Å². The summed E-state index contributed by atoms with van der Waals surface area (Å²) < 4.78 is 5.92. The summed E-state index contributed by atoms with van der Waals surface area (Å²) in [5.41, 5.74) is 0.671. The normalized spacial score (nSPS) is 15.3. The fourth-order valence-electron chi connectivity index (χ4n) is 3.03. The zero-order valence-electron chi connectivity index (χ0n) is 15.5. The first-order valence-corrected chi connectivity index (χ1v) is 9.28. The maximum atomic E-state index is 12.4. The van der Waals surface area contributed by atoms with E-state index in [1.54, 1.807) is 25.3 Å². The van der Waals surface area contributed by atoms with E-state index in [0.717, 1.165) is 38.8 Å². The molecule has 1 N–H and O–H groups in total. The number of nitrogens with one attached hydrogen (secondary N) is 1. The number of rotatable bonds is 7. The van der Waals surface area contributed by atoms with E-state index in [0.29, 0.717) is 18.0 Å². The van der Waals surface area contributed by atoms with Crippen LogP contribution in [-0.2, 0) is 9.59 Å². The number of hydrogen-bond acceptors (Lipinski definition) is 4. The van der Waals surface area contributed by atoms with Crippen LogP contribution >= 0.6 is 0 Å². The number of carbonyl (C=O) groups is 2. The number of aromatic nitrogens is 1. The van der Waals surface area contributed by atoms with Gasteiger partial charge in [-0.2, -0.15) is 0 Å². The molecular formula is C19H29N3O3. The Morgan fingerprint density at radius 1 is 1.24 bits per heavy atom. The van der Waals surface area contributed by atoms with Crippen LogP contribution in [-0.4, -0.2) is 40.9 Å². The van der Waals surface area contributed by atoms with Gasteiger partial charge in [-0.05, 0) is 18.9 Å². The molecule has 1 aliphatic heterocycles. The molecule has 0 saturated carbocycles. The van der Waals surface area contributed by atoms with Gasteiger partial charge in [0, 0.05) is 44.3 Å². The Morgan fingerprint density at radius 3 is 2.44 bits per heavy atom. The van der Waals surface area contributed by atoms with Crippen molar-refractivity contribution < 1.29 is 14.3 Å². The van der Waals surface area contributed by atoms with Crippen molar-refractivity contribution in [3.63, 3.8) is 0 Å². The highest BCUT2D eigenvalue weighted by molar-refractivity contribution is 5.90. The molecule has 0 atom stereocenters. The topological polar surface area (TPSA) is 71.5 Å². The van der Waals surface area contributed by atoms with Crippen LogP contribution in [0.2, 0.25) is 0 Å². The van der Waals surface area contributed by atoms with Gasteiger partial charge in [-0.25, -0.2) is 4.98 Å². The molecule has 138 valence electrons. The summed E-state index contributed by atoms with van der Waals surface area (Å²) in [5.74, 6) is 0.937. The monoisotopic (exact) mass is 347 g/mol. The number of carbonyl (C=O) groups excluding carboxylic acids is 2. The van der Waals surface area contributed by atoms with Gasteiger partial charge in [-0.3, -0.25) is 9.59 Å². The number of pyridine rings is 1. The zero-order chi connectivity index (χ0) is 18.2. The smallest absolute Gasteiger partial charge is 0.225 e. The van der Waals surface area contributed by atoms with Crippen LogP contribution in [0.15, 0.2) is 18.3 Å². The van der Waals surface area contributed by atoms with Crippen LogP contribution < -0.4 is 10.1 Å². The van der Waals surface area contributed by atoms with Crippen molar-refractivity contribution >= 4 is 17.5 Å². The molecule has 2 heterocycles. The van der Waals surface area contributed by atoms with Crippen molar-refractivity contribution in [2.75, 3.05) is 18.4 Å². The second kappa shape index (κ2) is 9.39. The molecule has 0 bridgehead atoms. The van der Waals surface area contributed by atoms with Gasteiger partial charge in [0.25, 0.3) is 0 Å². The number of piperidine rings is 1. The number of likely N-dealkylation sites (tertiary alicyclic amines) is 1. The van der Waals surface area contributed by atoms with Crippen molar-refractivity contribution in [3.8, 4) is 5.88 Å². The van der Waals surface area contributed by atoms with Crippen molar-refractivity contribution in [3.05, 3.63) is 18.3 Å². The summed E-state index contributed by atoms with van der Waals surface area (Å²) in [6.45, 7) is 7.43. The lowest BCUT2D eigenvalue weighted by Gasteiger charge is -2.33. The Labute approximate surface area is 150 Å². The lowest BCUT2D eigenvalue weighted by molar-refractivity contribution is -0.137. The summed E-state index contributed by atoms with van der Waals surface area (Å²) in [4.78, 5) is 30.0. The number of hydrogen-bond donors (Lipinski definition) is 1. The minimum atomic E-state index is -0.0371. The fraction of sp³-hybridized carbons (Fsp3) is 0.632. The molecular weight excluding hydrogens is 318 g/mol. The molecule has 1 fully saturated rings. The molecule has 1 aromatic heterocycles. The van der Waals surface area contributed by atoms with E-state index in [1.165, 1.54) is 0 Å². The molecule has 0 radical (unpaired) electrons. The number of amides is 2. The third-order valence-corrected chi connectivity index (χ3v) is 4.72. The third kappa shape index (κ3) is 5.44. The van der Waals surface area contributed by atoms with Gasteiger partial charge in [0.15, 0.2) is 0 Å². The van der Waals surface area contributed by atoms with Crippen LogP contribution in [0.4, 0.5) is 5.69 Å². The van der Waals surface area contributed by atoms with Gasteiger partial charge in [0.1, 0.15) is 6.10 Å². The van der Waals surface area contributed by atoms with E-state index in [4.69, 9.17) is 4.74 Å². The van der Waals surface area contributed by atoms with E-state index < -0.39 is 0 Å². The van der Waals surface area contributed by atoms with Gasteiger partial charge < -0.3 is 15.0 Å². The Hall–Kier alpha value is -2.11. The molecule has 6 heteroatoms. The Bertz CT molecular complexity index is 562. The van der Waals surface area contributed by atoms with Crippen LogP contribution in [0.3, 0.4) is 0 Å². The predicted molar refractivity (Wildman–Crippen MR) is 97.5 cm³/mol. The summed E-state index contributed by atoms with van der Waals surface area (Å²) in [7, 11) is 0. The lowest BCUT2D eigenvalue weighted by atomic mass is 9.99. The first-order chi connectivity index (χ1) is 12.1. The second-order valence-electron chi connectivity index (χ2n) is 6.44. The SMILES string of the molecule is CCC(=O)Nc1ccc(OC2CCN(C(=O)C(CC)CC)CC2)nc1. The van der Waals surface area contributed by atoms with Crippen LogP contribution in [0.1, 0.15) is 52.9 Å². The summed E-state index contributed by atoms with van der Waals surface area (Å²) in [6.07, 6.45) is 5.56. The Morgan fingerprint density at radius 2 is 1.92 bits per heavy atom.